The summed E-state index contributed by atoms with van der Waals surface area (Å²) in [6.07, 6.45) is 2.43. The monoisotopic (exact) mass is 346 g/mol. The number of carbonyl (C=O) groups excluding carboxylic acids is 1. The summed E-state index contributed by atoms with van der Waals surface area (Å²) in [5, 5.41) is 4.06. The van der Waals surface area contributed by atoms with Gasteiger partial charge in [0.05, 0.1) is 5.52 Å². The van der Waals surface area contributed by atoms with Gasteiger partial charge in [0, 0.05) is 37.9 Å². The molecule has 22 heavy (non-hydrogen) atoms. The quantitative estimate of drug-likeness (QED) is 0.843. The molecule has 1 aromatic carbocycles. The van der Waals surface area contributed by atoms with Crippen LogP contribution in [0.1, 0.15) is 6.42 Å². The molecule has 0 atom stereocenters. The number of likely N-dealkylation sites (N-methyl/N-ethyl adjacent to an activating group) is 1. The number of anilines is 1. The van der Waals surface area contributed by atoms with Crippen molar-refractivity contribution in [3.05, 3.63) is 30.5 Å². The smallest absolute Gasteiger partial charge is 0.225 e. The Morgan fingerprint density at radius 2 is 2.00 bits per heavy atom. The lowest BCUT2D eigenvalue weighted by Gasteiger charge is -2.12. The standard InChI is InChI=1S/C15H22N4O.2ClH/c1-18(2)9-10-19-8-6-12-3-4-13(11-14(12)19)17-15(20)5-7-16;;/h3-4,6,8,11H,5,7,9-10,16H2,1-2H3,(H,17,20);2*1H. The van der Waals surface area contributed by atoms with Gasteiger partial charge in [0.15, 0.2) is 0 Å². The minimum Gasteiger partial charge on any atom is -0.346 e. The number of rotatable bonds is 6. The Labute approximate surface area is 143 Å². The summed E-state index contributed by atoms with van der Waals surface area (Å²) in [5.41, 5.74) is 7.34. The van der Waals surface area contributed by atoms with E-state index >= 15 is 0 Å². The average Bonchev–Trinajstić information content (AvgIpc) is 2.79. The average molecular weight is 347 g/mol. The van der Waals surface area contributed by atoms with Crippen molar-refractivity contribution in [2.75, 3.05) is 32.5 Å². The number of fused-ring (bicyclic) bond motifs is 1. The van der Waals surface area contributed by atoms with E-state index in [-0.39, 0.29) is 30.7 Å². The van der Waals surface area contributed by atoms with Gasteiger partial charge in [-0.15, -0.1) is 24.8 Å². The van der Waals surface area contributed by atoms with Crippen LogP contribution in [0.3, 0.4) is 0 Å². The van der Waals surface area contributed by atoms with E-state index in [0.29, 0.717) is 13.0 Å². The molecule has 5 nitrogen and oxygen atoms in total. The first-order valence-electron chi connectivity index (χ1n) is 6.83. The molecule has 2 aromatic rings. The van der Waals surface area contributed by atoms with Gasteiger partial charge >= 0.3 is 0 Å². The Bertz CT molecular complexity index is 598. The van der Waals surface area contributed by atoms with E-state index in [1.807, 2.05) is 18.2 Å². The summed E-state index contributed by atoms with van der Waals surface area (Å²) in [4.78, 5) is 13.7. The van der Waals surface area contributed by atoms with E-state index in [9.17, 15) is 4.79 Å². The molecule has 0 saturated heterocycles. The van der Waals surface area contributed by atoms with Crippen LogP contribution < -0.4 is 11.1 Å². The highest BCUT2D eigenvalue weighted by Crippen LogP contribution is 2.20. The molecule has 0 aliphatic heterocycles. The van der Waals surface area contributed by atoms with Crippen LogP contribution in [0.25, 0.3) is 10.9 Å². The van der Waals surface area contributed by atoms with Crippen LogP contribution in [-0.2, 0) is 11.3 Å². The van der Waals surface area contributed by atoms with Crippen molar-refractivity contribution in [1.29, 1.82) is 0 Å². The molecule has 0 fully saturated rings. The van der Waals surface area contributed by atoms with E-state index in [4.69, 9.17) is 5.73 Å². The van der Waals surface area contributed by atoms with Crippen LogP contribution in [0.15, 0.2) is 30.5 Å². The molecule has 7 heteroatoms. The number of hydrogen-bond donors (Lipinski definition) is 2. The first kappa shape index (κ1) is 20.7. The molecule has 0 aliphatic rings. The van der Waals surface area contributed by atoms with E-state index in [0.717, 1.165) is 24.3 Å². The topological polar surface area (TPSA) is 63.3 Å². The van der Waals surface area contributed by atoms with Crippen molar-refractivity contribution in [3.63, 3.8) is 0 Å². The van der Waals surface area contributed by atoms with Crippen LogP contribution >= 0.6 is 24.8 Å². The molecule has 124 valence electrons. The first-order chi connectivity index (χ1) is 9.60. The molecule has 2 rings (SSSR count). The highest BCUT2D eigenvalue weighted by atomic mass is 35.5. The lowest BCUT2D eigenvalue weighted by Crippen LogP contribution is -2.18. The molecule has 0 spiro atoms. The Hall–Kier alpha value is -1.27. The maximum absolute atomic E-state index is 11.6. The van der Waals surface area contributed by atoms with Crippen molar-refractivity contribution in [3.8, 4) is 0 Å². The van der Waals surface area contributed by atoms with Gasteiger partial charge < -0.3 is 20.5 Å². The summed E-state index contributed by atoms with van der Waals surface area (Å²) in [6.45, 7) is 2.28. The Morgan fingerprint density at radius 3 is 2.64 bits per heavy atom. The zero-order valence-electron chi connectivity index (χ0n) is 12.9. The number of nitrogens with zero attached hydrogens (tertiary/aromatic N) is 2. The van der Waals surface area contributed by atoms with Gasteiger partial charge in [-0.1, -0.05) is 6.07 Å². The number of hydrogen-bond acceptors (Lipinski definition) is 3. The summed E-state index contributed by atoms with van der Waals surface area (Å²) in [7, 11) is 4.12. The molecule has 3 N–H and O–H groups in total. The third-order valence-corrected chi connectivity index (χ3v) is 3.22. The lowest BCUT2D eigenvalue weighted by atomic mass is 10.2. The summed E-state index contributed by atoms with van der Waals surface area (Å²) in [6, 6.07) is 8.06. The van der Waals surface area contributed by atoms with Gasteiger partial charge in [-0.3, -0.25) is 4.79 Å². The van der Waals surface area contributed by atoms with Gasteiger partial charge in [-0.05, 0) is 37.7 Å². The molecule has 0 aliphatic carbocycles. The number of halogens is 2. The third-order valence-electron chi connectivity index (χ3n) is 3.22. The highest BCUT2D eigenvalue weighted by molar-refractivity contribution is 5.93. The summed E-state index contributed by atoms with van der Waals surface area (Å²) < 4.78 is 2.20. The molecular formula is C15H24Cl2N4O. The molecule has 0 radical (unpaired) electrons. The second-order valence-corrected chi connectivity index (χ2v) is 5.17. The highest BCUT2D eigenvalue weighted by Gasteiger charge is 2.05. The predicted molar refractivity (Wildman–Crippen MR) is 97.3 cm³/mol. The molecular weight excluding hydrogens is 323 g/mol. The largest absolute Gasteiger partial charge is 0.346 e. The number of carbonyl (C=O) groups is 1. The Balaban J connectivity index is 0.00000220. The number of benzene rings is 1. The van der Waals surface area contributed by atoms with Crippen LogP contribution in [0.4, 0.5) is 5.69 Å². The molecule has 1 heterocycles. The second-order valence-electron chi connectivity index (χ2n) is 5.17. The SMILES string of the molecule is CN(C)CCn1ccc2ccc(NC(=O)CCN)cc21.Cl.Cl. The molecule has 1 amide bonds. The molecule has 1 aromatic heterocycles. The van der Waals surface area contributed by atoms with Crippen molar-refractivity contribution < 1.29 is 4.79 Å². The van der Waals surface area contributed by atoms with Crippen molar-refractivity contribution in [2.24, 2.45) is 5.73 Å². The number of aromatic nitrogens is 1. The molecule has 0 saturated carbocycles. The lowest BCUT2D eigenvalue weighted by molar-refractivity contribution is -0.116. The van der Waals surface area contributed by atoms with E-state index in [1.165, 1.54) is 5.39 Å². The van der Waals surface area contributed by atoms with Gasteiger partial charge in [0.2, 0.25) is 5.91 Å². The fourth-order valence-electron chi connectivity index (χ4n) is 2.12. The van der Waals surface area contributed by atoms with E-state index < -0.39 is 0 Å². The van der Waals surface area contributed by atoms with Gasteiger partial charge in [0.1, 0.15) is 0 Å². The minimum absolute atomic E-state index is 0. The van der Waals surface area contributed by atoms with Gasteiger partial charge in [-0.2, -0.15) is 0 Å². The molecule has 0 bridgehead atoms. The maximum atomic E-state index is 11.6. The van der Waals surface area contributed by atoms with Crippen LogP contribution in [-0.4, -0.2) is 42.6 Å². The summed E-state index contributed by atoms with van der Waals surface area (Å²) in [5.74, 6) is -0.0433. The van der Waals surface area contributed by atoms with Gasteiger partial charge in [0.25, 0.3) is 0 Å². The third kappa shape index (κ3) is 5.50. The Kier molecular flexibility index (Phi) is 9.13. The fourth-order valence-corrected chi connectivity index (χ4v) is 2.12. The van der Waals surface area contributed by atoms with Gasteiger partial charge in [-0.25, -0.2) is 0 Å². The number of nitrogens with two attached hydrogens (primary N) is 1. The van der Waals surface area contributed by atoms with E-state index in [1.54, 1.807) is 0 Å². The Morgan fingerprint density at radius 1 is 1.27 bits per heavy atom. The van der Waals surface area contributed by atoms with Crippen molar-refractivity contribution >= 4 is 47.3 Å². The second kappa shape index (κ2) is 9.69. The zero-order chi connectivity index (χ0) is 14.5. The minimum atomic E-state index is -0.0433. The predicted octanol–water partition coefficient (Wildman–Crippen LogP) is 2.33. The van der Waals surface area contributed by atoms with Crippen LogP contribution in [0.2, 0.25) is 0 Å². The van der Waals surface area contributed by atoms with E-state index in [2.05, 4.69) is 41.1 Å². The van der Waals surface area contributed by atoms with Crippen molar-refractivity contribution in [1.82, 2.24) is 9.47 Å². The number of amides is 1. The van der Waals surface area contributed by atoms with Crippen LogP contribution in [0.5, 0.6) is 0 Å². The van der Waals surface area contributed by atoms with Crippen LogP contribution in [0, 0.1) is 0 Å². The summed E-state index contributed by atoms with van der Waals surface area (Å²) >= 11 is 0. The normalized spacial score (nSPS) is 10.2. The molecule has 0 unspecified atom stereocenters. The fraction of sp³-hybridized carbons (Fsp3) is 0.400. The number of nitrogens with one attached hydrogen (secondary N) is 1. The zero-order valence-corrected chi connectivity index (χ0v) is 14.5. The first-order valence-corrected chi connectivity index (χ1v) is 6.83. The maximum Gasteiger partial charge on any atom is 0.225 e. The van der Waals surface area contributed by atoms with Crippen molar-refractivity contribution in [2.45, 2.75) is 13.0 Å².